The predicted octanol–water partition coefficient (Wildman–Crippen LogP) is 1.79. The minimum absolute atomic E-state index is 0.0695. The van der Waals surface area contributed by atoms with Crippen molar-refractivity contribution in [2.45, 2.75) is 32.2 Å². The molecule has 1 aliphatic carbocycles. The molecule has 1 aromatic carbocycles. The third-order valence-electron chi connectivity index (χ3n) is 5.78. The van der Waals surface area contributed by atoms with Crippen molar-refractivity contribution in [3.8, 4) is 0 Å². The number of hydrogen-bond acceptors (Lipinski definition) is 4. The molecular formula is C21H29N3O3. The van der Waals surface area contributed by atoms with Crippen LogP contribution in [0.5, 0.6) is 0 Å². The third kappa shape index (κ3) is 4.61. The highest BCUT2D eigenvalue weighted by Crippen LogP contribution is 2.32. The molecular weight excluding hydrogens is 342 g/mol. The molecule has 0 spiro atoms. The van der Waals surface area contributed by atoms with E-state index in [1.165, 1.54) is 5.69 Å². The Balaban J connectivity index is 1.30. The van der Waals surface area contributed by atoms with Gasteiger partial charge in [0, 0.05) is 44.3 Å². The van der Waals surface area contributed by atoms with Crippen molar-refractivity contribution < 1.29 is 14.3 Å². The number of amides is 2. The second kappa shape index (κ2) is 8.30. The Kier molecular flexibility index (Phi) is 5.62. The fourth-order valence-corrected chi connectivity index (χ4v) is 4.00. The highest BCUT2D eigenvalue weighted by Gasteiger charge is 2.36. The van der Waals surface area contributed by atoms with Gasteiger partial charge in [0.2, 0.25) is 11.8 Å². The Morgan fingerprint density at radius 1 is 1.07 bits per heavy atom. The zero-order chi connectivity index (χ0) is 18.6. The molecule has 146 valence electrons. The van der Waals surface area contributed by atoms with Crippen molar-refractivity contribution >= 4 is 17.5 Å². The SMILES string of the molecule is O=C(NCc1cccc(N2CCOCC2)c1)C1CCCN(C(=O)C2CC2)C1. The van der Waals surface area contributed by atoms with Crippen molar-refractivity contribution in [2.75, 3.05) is 44.3 Å². The smallest absolute Gasteiger partial charge is 0.225 e. The number of morpholine rings is 1. The van der Waals surface area contributed by atoms with E-state index >= 15 is 0 Å². The summed E-state index contributed by atoms with van der Waals surface area (Å²) in [7, 11) is 0. The van der Waals surface area contributed by atoms with Gasteiger partial charge in [-0.3, -0.25) is 9.59 Å². The maximum Gasteiger partial charge on any atom is 0.225 e. The van der Waals surface area contributed by atoms with E-state index in [4.69, 9.17) is 4.74 Å². The van der Waals surface area contributed by atoms with Crippen LogP contribution in [0.4, 0.5) is 5.69 Å². The van der Waals surface area contributed by atoms with E-state index in [2.05, 4.69) is 22.3 Å². The van der Waals surface area contributed by atoms with Crippen molar-refractivity contribution in [1.29, 1.82) is 0 Å². The molecule has 4 rings (SSSR count). The molecule has 1 saturated carbocycles. The summed E-state index contributed by atoms with van der Waals surface area (Å²) in [6.45, 7) is 5.25. The lowest BCUT2D eigenvalue weighted by molar-refractivity contribution is -0.136. The topological polar surface area (TPSA) is 61.9 Å². The van der Waals surface area contributed by atoms with E-state index in [0.29, 0.717) is 13.1 Å². The molecule has 1 N–H and O–H groups in total. The van der Waals surface area contributed by atoms with Crippen molar-refractivity contribution in [2.24, 2.45) is 11.8 Å². The number of likely N-dealkylation sites (tertiary alicyclic amines) is 1. The summed E-state index contributed by atoms with van der Waals surface area (Å²) in [5, 5.41) is 3.08. The molecule has 6 heteroatoms. The van der Waals surface area contributed by atoms with Crippen molar-refractivity contribution in [3.05, 3.63) is 29.8 Å². The summed E-state index contributed by atoms with van der Waals surface area (Å²) in [6.07, 6.45) is 3.83. The number of hydrogen-bond donors (Lipinski definition) is 1. The number of ether oxygens (including phenoxy) is 1. The van der Waals surface area contributed by atoms with Crippen molar-refractivity contribution in [3.63, 3.8) is 0 Å². The first-order valence-corrected chi connectivity index (χ1v) is 10.2. The van der Waals surface area contributed by atoms with Crippen LogP contribution in [0.25, 0.3) is 0 Å². The molecule has 0 bridgehead atoms. The van der Waals surface area contributed by atoms with Crippen LogP contribution in [0.1, 0.15) is 31.2 Å². The number of benzene rings is 1. The highest BCUT2D eigenvalue weighted by molar-refractivity contribution is 5.83. The lowest BCUT2D eigenvalue weighted by atomic mass is 9.96. The van der Waals surface area contributed by atoms with Gasteiger partial charge in [-0.25, -0.2) is 0 Å². The monoisotopic (exact) mass is 371 g/mol. The first-order chi connectivity index (χ1) is 13.2. The molecule has 6 nitrogen and oxygen atoms in total. The molecule has 1 unspecified atom stereocenters. The van der Waals surface area contributed by atoms with Crippen LogP contribution in [-0.2, 0) is 20.9 Å². The molecule has 3 aliphatic rings. The second-order valence-electron chi connectivity index (χ2n) is 7.88. The van der Waals surface area contributed by atoms with Gasteiger partial charge in [-0.1, -0.05) is 12.1 Å². The third-order valence-corrected chi connectivity index (χ3v) is 5.78. The molecule has 1 atom stereocenters. The summed E-state index contributed by atoms with van der Waals surface area (Å²) in [5.41, 5.74) is 2.29. The average Bonchev–Trinajstić information content (AvgIpc) is 3.58. The number of nitrogens with one attached hydrogen (secondary N) is 1. The van der Waals surface area contributed by atoms with Crippen LogP contribution in [0.15, 0.2) is 24.3 Å². The van der Waals surface area contributed by atoms with Crippen LogP contribution in [-0.4, -0.2) is 56.1 Å². The molecule has 27 heavy (non-hydrogen) atoms. The fraction of sp³-hybridized carbons (Fsp3) is 0.619. The summed E-state index contributed by atoms with van der Waals surface area (Å²) in [4.78, 5) is 29.1. The average molecular weight is 371 g/mol. The van der Waals surface area contributed by atoms with Gasteiger partial charge in [-0.15, -0.1) is 0 Å². The Morgan fingerprint density at radius 3 is 2.67 bits per heavy atom. The number of nitrogens with zero attached hydrogens (tertiary/aromatic N) is 2. The molecule has 2 amide bonds. The molecule has 2 saturated heterocycles. The lowest BCUT2D eigenvalue weighted by Gasteiger charge is -2.32. The van der Waals surface area contributed by atoms with Gasteiger partial charge in [0.25, 0.3) is 0 Å². The van der Waals surface area contributed by atoms with E-state index in [1.54, 1.807) is 0 Å². The van der Waals surface area contributed by atoms with Crippen LogP contribution in [0.2, 0.25) is 0 Å². The molecule has 1 aromatic rings. The standard InChI is InChI=1S/C21H29N3O3/c25-20(18-4-2-8-24(15-18)21(26)17-6-7-17)22-14-16-3-1-5-19(13-16)23-9-11-27-12-10-23/h1,3,5,13,17-18H,2,4,6-12,14-15H2,(H,22,25). The molecule has 2 aliphatic heterocycles. The lowest BCUT2D eigenvalue weighted by Crippen LogP contribution is -2.45. The number of rotatable bonds is 5. The van der Waals surface area contributed by atoms with Gasteiger partial charge in [-0.2, -0.15) is 0 Å². The normalized spacial score (nSPS) is 23.2. The minimum atomic E-state index is -0.0797. The Bertz CT molecular complexity index is 683. The summed E-state index contributed by atoms with van der Waals surface area (Å²) < 4.78 is 5.41. The largest absolute Gasteiger partial charge is 0.378 e. The Labute approximate surface area is 160 Å². The van der Waals surface area contributed by atoms with E-state index in [9.17, 15) is 9.59 Å². The zero-order valence-electron chi connectivity index (χ0n) is 15.9. The highest BCUT2D eigenvalue weighted by atomic mass is 16.5. The fourth-order valence-electron chi connectivity index (χ4n) is 4.00. The van der Waals surface area contributed by atoms with Gasteiger partial charge in [0.15, 0.2) is 0 Å². The number of carbonyl (C=O) groups excluding carboxylic acids is 2. The molecule has 3 fully saturated rings. The molecule has 0 aromatic heterocycles. The van der Waals surface area contributed by atoms with Crippen LogP contribution in [0, 0.1) is 11.8 Å². The van der Waals surface area contributed by atoms with Gasteiger partial charge in [-0.05, 0) is 43.4 Å². The Morgan fingerprint density at radius 2 is 1.89 bits per heavy atom. The predicted molar refractivity (Wildman–Crippen MR) is 103 cm³/mol. The van der Waals surface area contributed by atoms with Gasteiger partial charge in [0.1, 0.15) is 0 Å². The van der Waals surface area contributed by atoms with E-state index < -0.39 is 0 Å². The van der Waals surface area contributed by atoms with Gasteiger partial charge in [0.05, 0.1) is 19.1 Å². The minimum Gasteiger partial charge on any atom is -0.378 e. The summed E-state index contributed by atoms with van der Waals surface area (Å²) in [5.74, 6) is 0.476. The first kappa shape index (κ1) is 18.3. The van der Waals surface area contributed by atoms with Gasteiger partial charge >= 0.3 is 0 Å². The maximum atomic E-state index is 12.6. The number of piperidine rings is 1. The van der Waals surface area contributed by atoms with Crippen LogP contribution in [0.3, 0.4) is 0 Å². The van der Waals surface area contributed by atoms with Crippen LogP contribution >= 0.6 is 0 Å². The summed E-state index contributed by atoms with van der Waals surface area (Å²) >= 11 is 0. The van der Waals surface area contributed by atoms with E-state index in [0.717, 1.165) is 64.1 Å². The molecule has 0 radical (unpaired) electrons. The maximum absolute atomic E-state index is 12.6. The van der Waals surface area contributed by atoms with Crippen molar-refractivity contribution in [1.82, 2.24) is 10.2 Å². The zero-order valence-corrected chi connectivity index (χ0v) is 15.9. The van der Waals surface area contributed by atoms with Gasteiger partial charge < -0.3 is 19.9 Å². The summed E-state index contributed by atoms with van der Waals surface area (Å²) in [6, 6.07) is 8.35. The van der Waals surface area contributed by atoms with E-state index in [-0.39, 0.29) is 23.7 Å². The number of carbonyl (C=O) groups is 2. The van der Waals surface area contributed by atoms with E-state index in [1.807, 2.05) is 17.0 Å². The molecule has 2 heterocycles. The number of anilines is 1. The Hall–Kier alpha value is -2.08. The first-order valence-electron chi connectivity index (χ1n) is 10.2. The second-order valence-corrected chi connectivity index (χ2v) is 7.88. The quantitative estimate of drug-likeness (QED) is 0.857. The van der Waals surface area contributed by atoms with Crippen LogP contribution < -0.4 is 10.2 Å².